The molecular formula is C65H45N3. The number of hydrogen-bond donors (Lipinski definition) is 0. The average Bonchev–Trinajstić information content (AvgIpc) is 3.74. The molecule has 3 nitrogen and oxygen atoms in total. The number of fused-ring (bicyclic) bond motifs is 5. The third-order valence-electron chi connectivity index (χ3n) is 14.6. The lowest BCUT2D eigenvalue weighted by molar-refractivity contribution is 0.627. The molecule has 10 aromatic rings. The van der Waals surface area contributed by atoms with Crippen molar-refractivity contribution in [1.29, 1.82) is 0 Å². The lowest BCUT2D eigenvalue weighted by atomic mass is 9.51. The predicted molar refractivity (Wildman–Crippen MR) is 277 cm³/mol. The van der Waals surface area contributed by atoms with Gasteiger partial charge < -0.3 is 0 Å². The zero-order valence-electron chi connectivity index (χ0n) is 37.4. The van der Waals surface area contributed by atoms with E-state index in [-0.39, 0.29) is 0 Å². The fraction of sp³-hybridized carbons (Fsp3) is 0.0615. The van der Waals surface area contributed by atoms with E-state index in [1.165, 1.54) is 66.8 Å². The highest BCUT2D eigenvalue weighted by Gasteiger charge is 2.57. The first kappa shape index (κ1) is 39.8. The van der Waals surface area contributed by atoms with E-state index < -0.39 is 10.8 Å². The Morgan fingerprint density at radius 1 is 0.279 bits per heavy atom. The molecule has 3 aliphatic rings. The first-order valence-corrected chi connectivity index (χ1v) is 23.6. The molecule has 0 radical (unpaired) electrons. The number of nitrogens with zero attached hydrogens (tertiary/aromatic N) is 3. The van der Waals surface area contributed by atoms with Gasteiger partial charge in [0.1, 0.15) is 0 Å². The van der Waals surface area contributed by atoms with Crippen LogP contribution in [0.15, 0.2) is 249 Å². The summed E-state index contributed by atoms with van der Waals surface area (Å²) < 4.78 is 0. The van der Waals surface area contributed by atoms with Crippen molar-refractivity contribution in [2.24, 2.45) is 0 Å². The highest BCUT2D eigenvalue weighted by molar-refractivity contribution is 5.92. The molecule has 3 aliphatic carbocycles. The van der Waals surface area contributed by atoms with Crippen molar-refractivity contribution in [3.8, 4) is 45.0 Å². The quantitative estimate of drug-likeness (QED) is 0.153. The lowest BCUT2D eigenvalue weighted by Crippen LogP contribution is -2.44. The van der Waals surface area contributed by atoms with Gasteiger partial charge in [-0.2, -0.15) is 0 Å². The van der Waals surface area contributed by atoms with E-state index in [9.17, 15) is 0 Å². The van der Waals surface area contributed by atoms with Gasteiger partial charge in [-0.05, 0) is 102 Å². The first-order valence-electron chi connectivity index (χ1n) is 23.6. The second-order valence-electron chi connectivity index (χ2n) is 18.1. The minimum absolute atomic E-state index is 0.521. The van der Waals surface area contributed by atoms with Crippen molar-refractivity contribution in [1.82, 2.24) is 15.0 Å². The standard InChI is InChI=1S/C65H45N3/c1-5-19-44(20-6-1)46-35-39-48(40-36-46)61-66-62(49-41-37-47(38-42-49)45-21-7-2-8-22-45)68-63(67-61)50-23-17-28-53(43-50)64(51-24-9-3-10-25-51)57-32-15-16-33-58(57)65(52-26-11-4-12-27-52)56-31-14-13-29-54(56)55-30-18-34-59(64)60(55)65/h1-37,39-41,43H,38,42H2. The van der Waals surface area contributed by atoms with E-state index in [2.05, 4.69) is 249 Å². The van der Waals surface area contributed by atoms with Crippen molar-refractivity contribution in [3.05, 3.63) is 305 Å². The van der Waals surface area contributed by atoms with Gasteiger partial charge in [-0.1, -0.05) is 243 Å². The molecule has 0 saturated carbocycles. The minimum Gasteiger partial charge on any atom is -0.209 e. The summed E-state index contributed by atoms with van der Waals surface area (Å²) in [5.41, 5.74) is 19.4. The van der Waals surface area contributed by atoms with E-state index in [0.717, 1.165) is 40.7 Å². The van der Waals surface area contributed by atoms with Crippen LogP contribution in [-0.2, 0) is 10.8 Å². The maximum absolute atomic E-state index is 5.38. The maximum atomic E-state index is 5.38. The number of benzene rings is 9. The zero-order valence-corrected chi connectivity index (χ0v) is 37.4. The van der Waals surface area contributed by atoms with Crippen molar-refractivity contribution in [2.45, 2.75) is 23.7 Å². The Morgan fingerprint density at radius 3 is 1.40 bits per heavy atom. The Balaban J connectivity index is 1.04. The fourth-order valence-electron chi connectivity index (χ4n) is 11.7. The van der Waals surface area contributed by atoms with Crippen LogP contribution in [0.25, 0.3) is 56.2 Å². The van der Waals surface area contributed by atoms with Crippen molar-refractivity contribution in [2.75, 3.05) is 0 Å². The Hall–Kier alpha value is -8.53. The molecule has 3 heteroatoms. The molecule has 1 heterocycles. The van der Waals surface area contributed by atoms with E-state index in [1.54, 1.807) is 0 Å². The molecule has 1 aromatic heterocycles. The van der Waals surface area contributed by atoms with Gasteiger partial charge in [0.2, 0.25) is 0 Å². The number of aromatic nitrogens is 3. The van der Waals surface area contributed by atoms with Gasteiger partial charge in [-0.15, -0.1) is 0 Å². The van der Waals surface area contributed by atoms with Gasteiger partial charge in [0, 0.05) is 11.1 Å². The lowest BCUT2D eigenvalue weighted by Gasteiger charge is -2.49. The minimum atomic E-state index is -0.698. The summed E-state index contributed by atoms with van der Waals surface area (Å²) in [7, 11) is 0. The molecule has 0 bridgehead atoms. The van der Waals surface area contributed by atoms with Crippen molar-refractivity contribution >= 4 is 11.1 Å². The number of allylic oxidation sites excluding steroid dienone is 4. The SMILES string of the molecule is C1=C(c2ccccc2)CCC(c2nc(-c3ccc(-c4ccccc4)cc3)nc(-c3cccc(C4(c5ccccc5)c5ccccc5C5(c6ccccc6)c6ccccc6-c6cccc4c65)c3)n2)=C1. The summed E-state index contributed by atoms with van der Waals surface area (Å²) in [5.74, 6) is 2.01. The van der Waals surface area contributed by atoms with E-state index in [0.29, 0.717) is 17.5 Å². The Bertz CT molecular complexity index is 3600. The summed E-state index contributed by atoms with van der Waals surface area (Å²) in [4.78, 5) is 16.0. The molecule has 0 N–H and O–H groups in total. The molecule has 0 fully saturated rings. The summed E-state index contributed by atoms with van der Waals surface area (Å²) in [5, 5.41) is 0. The van der Waals surface area contributed by atoms with Gasteiger partial charge in [0.25, 0.3) is 0 Å². The van der Waals surface area contributed by atoms with E-state index in [4.69, 9.17) is 15.0 Å². The Morgan fingerprint density at radius 2 is 0.721 bits per heavy atom. The van der Waals surface area contributed by atoms with Gasteiger partial charge in [0.15, 0.2) is 17.5 Å². The topological polar surface area (TPSA) is 38.7 Å². The van der Waals surface area contributed by atoms with Crippen molar-refractivity contribution < 1.29 is 0 Å². The molecular weight excluding hydrogens is 823 g/mol. The smallest absolute Gasteiger partial charge is 0.164 e. The average molecular weight is 868 g/mol. The first-order chi connectivity index (χ1) is 33.7. The molecule has 0 spiro atoms. The summed E-state index contributed by atoms with van der Waals surface area (Å²) in [6.07, 6.45) is 6.18. The molecule has 0 aliphatic heterocycles. The largest absolute Gasteiger partial charge is 0.209 e. The van der Waals surface area contributed by atoms with Crippen molar-refractivity contribution in [3.63, 3.8) is 0 Å². The van der Waals surface area contributed by atoms with Crippen LogP contribution in [0, 0.1) is 0 Å². The summed E-state index contributed by atoms with van der Waals surface area (Å²) in [6, 6.07) is 86.3. The van der Waals surface area contributed by atoms with Crippen LogP contribution in [0.1, 0.15) is 68.7 Å². The summed E-state index contributed by atoms with van der Waals surface area (Å²) in [6.45, 7) is 0. The normalized spacial score (nSPS) is 17.6. The van der Waals surface area contributed by atoms with E-state index in [1.807, 2.05) is 0 Å². The third-order valence-corrected chi connectivity index (χ3v) is 14.6. The van der Waals surface area contributed by atoms with Crippen LogP contribution in [0.4, 0.5) is 0 Å². The van der Waals surface area contributed by atoms with Gasteiger partial charge in [0.05, 0.1) is 10.8 Å². The Kier molecular flexibility index (Phi) is 9.43. The molecule has 2 unspecified atom stereocenters. The van der Waals surface area contributed by atoms with E-state index >= 15 is 0 Å². The van der Waals surface area contributed by atoms with Gasteiger partial charge >= 0.3 is 0 Å². The summed E-state index contributed by atoms with van der Waals surface area (Å²) >= 11 is 0. The zero-order chi connectivity index (χ0) is 45.1. The third kappa shape index (κ3) is 6.09. The van der Waals surface area contributed by atoms with Gasteiger partial charge in [-0.3, -0.25) is 0 Å². The second-order valence-corrected chi connectivity index (χ2v) is 18.1. The van der Waals surface area contributed by atoms with Crippen LogP contribution in [0.5, 0.6) is 0 Å². The van der Waals surface area contributed by atoms with Gasteiger partial charge in [-0.25, -0.2) is 15.0 Å². The molecule has 320 valence electrons. The number of hydrogen-bond acceptors (Lipinski definition) is 3. The maximum Gasteiger partial charge on any atom is 0.164 e. The molecule has 0 saturated heterocycles. The molecule has 0 amide bonds. The predicted octanol–water partition coefficient (Wildman–Crippen LogP) is 15.2. The second kappa shape index (κ2) is 16.1. The number of rotatable bonds is 8. The molecule has 68 heavy (non-hydrogen) atoms. The van der Waals surface area contributed by atoms with Crippen LogP contribution < -0.4 is 0 Å². The Labute approximate surface area is 397 Å². The highest BCUT2D eigenvalue weighted by Crippen LogP contribution is 2.65. The van der Waals surface area contributed by atoms with Crippen LogP contribution in [0.2, 0.25) is 0 Å². The molecule has 13 rings (SSSR count). The fourth-order valence-corrected chi connectivity index (χ4v) is 11.7. The van der Waals surface area contributed by atoms with Crippen LogP contribution in [0.3, 0.4) is 0 Å². The van der Waals surface area contributed by atoms with Crippen LogP contribution >= 0.6 is 0 Å². The highest BCUT2D eigenvalue weighted by atomic mass is 15.0. The molecule has 9 aromatic carbocycles. The molecule has 2 atom stereocenters. The monoisotopic (exact) mass is 867 g/mol. The van der Waals surface area contributed by atoms with Crippen LogP contribution in [-0.4, -0.2) is 15.0 Å².